The predicted octanol–water partition coefficient (Wildman–Crippen LogP) is 0.749. The Morgan fingerprint density at radius 1 is 1.18 bits per heavy atom. The molecule has 0 radical (unpaired) electrons. The van der Waals surface area contributed by atoms with E-state index >= 15 is 0 Å². The molecule has 0 unspecified atom stereocenters. The van der Waals surface area contributed by atoms with Crippen LogP contribution in [0.1, 0.15) is 38.5 Å². The fourth-order valence-electron chi connectivity index (χ4n) is 2.83. The van der Waals surface area contributed by atoms with Crippen LogP contribution >= 0.6 is 0 Å². The van der Waals surface area contributed by atoms with Crippen LogP contribution in [-0.2, 0) is 4.79 Å². The number of hydrogen-bond acceptors (Lipinski definition) is 3. The third kappa shape index (κ3) is 3.96. The van der Waals surface area contributed by atoms with Crippen LogP contribution in [0.2, 0.25) is 0 Å². The van der Waals surface area contributed by atoms with Crippen LogP contribution in [0, 0.1) is 5.92 Å². The summed E-state index contributed by atoms with van der Waals surface area (Å²) in [6, 6.07) is 0. The van der Waals surface area contributed by atoms with Gasteiger partial charge in [-0.3, -0.25) is 4.79 Å². The molecule has 4 heteroatoms. The van der Waals surface area contributed by atoms with E-state index in [1.807, 2.05) is 0 Å². The van der Waals surface area contributed by atoms with E-state index in [0.29, 0.717) is 0 Å². The van der Waals surface area contributed by atoms with Gasteiger partial charge < -0.3 is 15.3 Å². The number of carbonyl (C=O) groups excluding carboxylic acids is 1. The van der Waals surface area contributed by atoms with Gasteiger partial charge in [-0.15, -0.1) is 0 Å². The molecule has 0 aromatic carbocycles. The second kappa shape index (κ2) is 6.36. The van der Waals surface area contributed by atoms with E-state index in [9.17, 15) is 9.90 Å². The molecule has 98 valence electrons. The molecular weight excluding hydrogens is 216 g/mol. The van der Waals surface area contributed by atoms with Gasteiger partial charge in [0.15, 0.2) is 0 Å². The van der Waals surface area contributed by atoms with Crippen LogP contribution < -0.4 is 5.32 Å². The molecule has 1 aliphatic carbocycles. The maximum atomic E-state index is 11.9. The number of nitrogens with zero attached hydrogens (tertiary/aromatic N) is 1. The highest BCUT2D eigenvalue weighted by atomic mass is 16.3. The summed E-state index contributed by atoms with van der Waals surface area (Å²) in [5.74, 6) is 0.327. The van der Waals surface area contributed by atoms with E-state index in [1.165, 1.54) is 25.9 Å². The van der Waals surface area contributed by atoms with Gasteiger partial charge in [-0.25, -0.2) is 0 Å². The first-order valence-corrected chi connectivity index (χ1v) is 6.94. The van der Waals surface area contributed by atoms with Crippen molar-refractivity contribution in [3.8, 4) is 0 Å². The normalized spacial score (nSPS) is 30.4. The fraction of sp³-hybridized carbons (Fsp3) is 0.923. The molecule has 1 saturated carbocycles. The lowest BCUT2D eigenvalue weighted by Crippen LogP contribution is -2.38. The first-order valence-electron chi connectivity index (χ1n) is 6.94. The molecule has 0 bridgehead atoms. The van der Waals surface area contributed by atoms with E-state index in [0.717, 1.165) is 38.8 Å². The second-order valence-corrected chi connectivity index (χ2v) is 5.35. The van der Waals surface area contributed by atoms with Crippen molar-refractivity contribution in [2.75, 3.05) is 26.2 Å². The van der Waals surface area contributed by atoms with E-state index in [1.54, 1.807) is 0 Å². The summed E-state index contributed by atoms with van der Waals surface area (Å²) in [6.07, 6.45) is 5.67. The number of rotatable bonds is 4. The molecule has 1 saturated heterocycles. The van der Waals surface area contributed by atoms with Gasteiger partial charge in [-0.2, -0.15) is 0 Å². The van der Waals surface area contributed by atoms with E-state index < -0.39 is 0 Å². The lowest BCUT2D eigenvalue weighted by Gasteiger charge is -2.25. The van der Waals surface area contributed by atoms with E-state index in [4.69, 9.17) is 0 Å². The molecule has 1 heterocycles. The highest BCUT2D eigenvalue weighted by molar-refractivity contribution is 5.78. The summed E-state index contributed by atoms with van der Waals surface area (Å²) in [5, 5.41) is 12.4. The molecule has 4 nitrogen and oxygen atoms in total. The molecular formula is C13H24N2O2. The molecule has 0 aromatic rings. The molecule has 2 fully saturated rings. The first-order chi connectivity index (χ1) is 8.25. The van der Waals surface area contributed by atoms with E-state index in [2.05, 4.69) is 10.2 Å². The van der Waals surface area contributed by atoms with E-state index in [-0.39, 0.29) is 17.9 Å². The van der Waals surface area contributed by atoms with Gasteiger partial charge >= 0.3 is 0 Å². The van der Waals surface area contributed by atoms with Crippen molar-refractivity contribution in [2.24, 2.45) is 5.92 Å². The quantitative estimate of drug-likeness (QED) is 0.762. The molecule has 0 aromatic heterocycles. The van der Waals surface area contributed by atoms with Crippen molar-refractivity contribution in [3.63, 3.8) is 0 Å². The van der Waals surface area contributed by atoms with Crippen molar-refractivity contribution < 1.29 is 9.90 Å². The summed E-state index contributed by atoms with van der Waals surface area (Å²) in [7, 11) is 0. The van der Waals surface area contributed by atoms with Gasteiger partial charge in [0.05, 0.1) is 6.10 Å². The summed E-state index contributed by atoms with van der Waals surface area (Å²) in [5.41, 5.74) is 0. The first kappa shape index (κ1) is 12.8. The standard InChI is InChI=1S/C13H24N2O2/c16-12-5-3-11(4-6-12)13(17)14-7-10-15-8-1-2-9-15/h11-12,16H,1-10H2,(H,14,17)/t11-,12-. The number of amides is 1. The third-order valence-electron chi connectivity index (χ3n) is 3.99. The molecule has 0 spiro atoms. The number of nitrogens with one attached hydrogen (secondary N) is 1. The fourth-order valence-corrected chi connectivity index (χ4v) is 2.83. The SMILES string of the molecule is O=C(NCCN1CCCC1)[C@H]1CC[C@H](O)CC1. The van der Waals surface area contributed by atoms with Crippen molar-refractivity contribution in [2.45, 2.75) is 44.6 Å². The summed E-state index contributed by atoms with van der Waals surface area (Å²) >= 11 is 0. The smallest absolute Gasteiger partial charge is 0.223 e. The van der Waals surface area contributed by atoms with Gasteiger partial charge in [0.25, 0.3) is 0 Å². The van der Waals surface area contributed by atoms with Crippen LogP contribution in [0.3, 0.4) is 0 Å². The van der Waals surface area contributed by atoms with Crippen molar-refractivity contribution in [3.05, 3.63) is 0 Å². The van der Waals surface area contributed by atoms with Crippen molar-refractivity contribution >= 4 is 5.91 Å². The average Bonchev–Trinajstić information content (AvgIpc) is 2.83. The molecule has 17 heavy (non-hydrogen) atoms. The molecule has 1 aliphatic heterocycles. The number of aliphatic hydroxyl groups is 1. The topological polar surface area (TPSA) is 52.6 Å². The Hall–Kier alpha value is -0.610. The molecule has 0 atom stereocenters. The zero-order valence-corrected chi connectivity index (χ0v) is 10.5. The van der Waals surface area contributed by atoms with Crippen LogP contribution in [0.4, 0.5) is 0 Å². The summed E-state index contributed by atoms with van der Waals surface area (Å²) in [4.78, 5) is 14.3. The second-order valence-electron chi connectivity index (χ2n) is 5.35. The highest BCUT2D eigenvalue weighted by Crippen LogP contribution is 2.24. The Bertz CT molecular complexity index is 244. The summed E-state index contributed by atoms with van der Waals surface area (Å²) < 4.78 is 0. The van der Waals surface area contributed by atoms with Gasteiger partial charge in [0.1, 0.15) is 0 Å². The Labute approximate surface area is 103 Å². The minimum absolute atomic E-state index is 0.136. The predicted molar refractivity (Wildman–Crippen MR) is 66.6 cm³/mol. The minimum atomic E-state index is -0.177. The highest BCUT2D eigenvalue weighted by Gasteiger charge is 2.24. The number of aliphatic hydroxyl groups excluding tert-OH is 1. The van der Waals surface area contributed by atoms with Crippen molar-refractivity contribution in [1.29, 1.82) is 0 Å². The van der Waals surface area contributed by atoms with Crippen LogP contribution in [0.25, 0.3) is 0 Å². The zero-order valence-electron chi connectivity index (χ0n) is 10.5. The number of hydrogen-bond donors (Lipinski definition) is 2. The average molecular weight is 240 g/mol. The van der Waals surface area contributed by atoms with Gasteiger partial charge in [0.2, 0.25) is 5.91 Å². The van der Waals surface area contributed by atoms with Crippen molar-refractivity contribution in [1.82, 2.24) is 10.2 Å². The maximum absolute atomic E-state index is 11.9. The lowest BCUT2D eigenvalue weighted by atomic mass is 9.87. The third-order valence-corrected chi connectivity index (χ3v) is 3.99. The largest absolute Gasteiger partial charge is 0.393 e. The number of carbonyl (C=O) groups is 1. The van der Waals surface area contributed by atoms with Crippen LogP contribution in [-0.4, -0.2) is 48.2 Å². The van der Waals surface area contributed by atoms with Gasteiger partial charge in [0, 0.05) is 19.0 Å². The molecule has 2 rings (SSSR count). The minimum Gasteiger partial charge on any atom is -0.393 e. The molecule has 2 N–H and O–H groups in total. The van der Waals surface area contributed by atoms with Crippen LogP contribution in [0.15, 0.2) is 0 Å². The van der Waals surface area contributed by atoms with Gasteiger partial charge in [-0.1, -0.05) is 0 Å². The molecule has 1 amide bonds. The van der Waals surface area contributed by atoms with Crippen LogP contribution in [0.5, 0.6) is 0 Å². The number of likely N-dealkylation sites (tertiary alicyclic amines) is 1. The monoisotopic (exact) mass is 240 g/mol. The Morgan fingerprint density at radius 3 is 2.47 bits per heavy atom. The maximum Gasteiger partial charge on any atom is 0.223 e. The Kier molecular flexibility index (Phi) is 4.80. The Morgan fingerprint density at radius 2 is 1.82 bits per heavy atom. The molecule has 2 aliphatic rings. The Balaban J connectivity index is 1.60. The lowest BCUT2D eigenvalue weighted by molar-refractivity contribution is -0.126. The van der Waals surface area contributed by atoms with Gasteiger partial charge in [-0.05, 0) is 51.6 Å². The summed E-state index contributed by atoms with van der Waals surface area (Å²) in [6.45, 7) is 4.13. The zero-order chi connectivity index (χ0) is 12.1.